The molecule has 0 aliphatic rings. The lowest BCUT2D eigenvalue weighted by molar-refractivity contribution is 0.0988. The standard InChI is InChI=1S/C15H14FNO3S/c1-2-15(18)11-6-8-13(9-7-11)17-21(19,20)14-5-3-4-12(16)10-14/h3-10,17H,2H2,1H3. The van der Waals surface area contributed by atoms with Crippen LogP contribution in [0.25, 0.3) is 0 Å². The number of benzene rings is 2. The molecule has 0 unspecified atom stereocenters. The molecule has 0 bridgehead atoms. The lowest BCUT2D eigenvalue weighted by Gasteiger charge is -2.08. The molecule has 4 nitrogen and oxygen atoms in total. The van der Waals surface area contributed by atoms with E-state index in [2.05, 4.69) is 4.72 Å². The van der Waals surface area contributed by atoms with E-state index in [0.29, 0.717) is 17.7 Å². The molecule has 0 amide bonds. The quantitative estimate of drug-likeness (QED) is 0.863. The predicted octanol–water partition coefficient (Wildman–Crippen LogP) is 3.22. The Balaban J connectivity index is 2.23. The molecule has 1 N–H and O–H groups in total. The van der Waals surface area contributed by atoms with Crippen LogP contribution in [0.3, 0.4) is 0 Å². The Bertz CT molecular complexity index is 755. The maximum atomic E-state index is 13.1. The van der Waals surface area contributed by atoms with Crippen molar-refractivity contribution >= 4 is 21.5 Å². The van der Waals surface area contributed by atoms with E-state index in [1.165, 1.54) is 30.3 Å². The number of carbonyl (C=O) groups is 1. The van der Waals surface area contributed by atoms with Crippen molar-refractivity contribution < 1.29 is 17.6 Å². The average Bonchev–Trinajstić information content (AvgIpc) is 2.47. The number of hydrogen-bond donors (Lipinski definition) is 1. The molecule has 2 aromatic carbocycles. The van der Waals surface area contributed by atoms with Crippen molar-refractivity contribution in [1.29, 1.82) is 0 Å². The van der Waals surface area contributed by atoms with Gasteiger partial charge in [0, 0.05) is 17.7 Å². The molecule has 0 saturated heterocycles. The van der Waals surface area contributed by atoms with Gasteiger partial charge in [0.05, 0.1) is 4.90 Å². The Morgan fingerprint density at radius 3 is 2.38 bits per heavy atom. The topological polar surface area (TPSA) is 63.2 Å². The van der Waals surface area contributed by atoms with Crippen molar-refractivity contribution in [2.45, 2.75) is 18.2 Å². The highest BCUT2D eigenvalue weighted by Gasteiger charge is 2.15. The van der Waals surface area contributed by atoms with Gasteiger partial charge < -0.3 is 0 Å². The van der Waals surface area contributed by atoms with Crippen molar-refractivity contribution in [3.63, 3.8) is 0 Å². The van der Waals surface area contributed by atoms with Gasteiger partial charge in [-0.05, 0) is 42.5 Å². The van der Waals surface area contributed by atoms with Crippen LogP contribution in [0.1, 0.15) is 23.7 Å². The summed E-state index contributed by atoms with van der Waals surface area (Å²) < 4.78 is 39.6. The summed E-state index contributed by atoms with van der Waals surface area (Å²) in [5.41, 5.74) is 0.832. The third-order valence-corrected chi connectivity index (χ3v) is 4.27. The van der Waals surface area contributed by atoms with Crippen LogP contribution in [-0.4, -0.2) is 14.2 Å². The summed E-state index contributed by atoms with van der Waals surface area (Å²) in [6.45, 7) is 1.75. The number of ketones is 1. The maximum Gasteiger partial charge on any atom is 0.261 e. The lowest BCUT2D eigenvalue weighted by Crippen LogP contribution is -2.13. The Morgan fingerprint density at radius 2 is 1.81 bits per heavy atom. The van der Waals surface area contributed by atoms with Crippen LogP contribution >= 0.6 is 0 Å². The van der Waals surface area contributed by atoms with Crippen LogP contribution in [0.4, 0.5) is 10.1 Å². The summed E-state index contributed by atoms with van der Waals surface area (Å²) in [6.07, 6.45) is 0.383. The Hall–Kier alpha value is -2.21. The molecule has 0 aromatic heterocycles. The summed E-state index contributed by atoms with van der Waals surface area (Å²) in [4.78, 5) is 11.3. The minimum Gasteiger partial charge on any atom is -0.294 e. The lowest BCUT2D eigenvalue weighted by atomic mass is 10.1. The third kappa shape index (κ3) is 3.66. The highest BCUT2D eigenvalue weighted by Crippen LogP contribution is 2.17. The SMILES string of the molecule is CCC(=O)c1ccc(NS(=O)(=O)c2cccc(F)c2)cc1. The third-order valence-electron chi connectivity index (χ3n) is 2.89. The van der Waals surface area contributed by atoms with Gasteiger partial charge in [0.15, 0.2) is 5.78 Å². The number of carbonyl (C=O) groups excluding carboxylic acids is 1. The second-order valence-electron chi connectivity index (χ2n) is 4.42. The highest BCUT2D eigenvalue weighted by atomic mass is 32.2. The van der Waals surface area contributed by atoms with E-state index in [0.717, 1.165) is 6.07 Å². The van der Waals surface area contributed by atoms with Gasteiger partial charge in [-0.15, -0.1) is 0 Å². The summed E-state index contributed by atoms with van der Waals surface area (Å²) in [5.74, 6) is -0.642. The zero-order chi connectivity index (χ0) is 15.5. The van der Waals surface area contributed by atoms with Crippen LogP contribution in [0, 0.1) is 5.82 Å². The number of Topliss-reactive ketones (excluding diaryl/α,β-unsaturated/α-hetero) is 1. The summed E-state index contributed by atoms with van der Waals surface area (Å²) >= 11 is 0. The van der Waals surface area contributed by atoms with E-state index in [1.54, 1.807) is 19.1 Å². The van der Waals surface area contributed by atoms with Crippen molar-refractivity contribution in [3.8, 4) is 0 Å². The predicted molar refractivity (Wildman–Crippen MR) is 78.3 cm³/mol. The summed E-state index contributed by atoms with van der Waals surface area (Å²) in [7, 11) is -3.85. The minimum atomic E-state index is -3.85. The van der Waals surface area contributed by atoms with Crippen LogP contribution in [0.15, 0.2) is 53.4 Å². The van der Waals surface area contributed by atoms with Gasteiger partial charge in [-0.3, -0.25) is 9.52 Å². The van der Waals surface area contributed by atoms with Crippen LogP contribution in [-0.2, 0) is 10.0 Å². The molecule has 2 rings (SSSR count). The fourth-order valence-corrected chi connectivity index (χ4v) is 2.87. The zero-order valence-corrected chi connectivity index (χ0v) is 12.2. The summed E-state index contributed by atoms with van der Waals surface area (Å²) in [6, 6.07) is 10.8. The molecule has 0 radical (unpaired) electrons. The van der Waals surface area contributed by atoms with Gasteiger partial charge in [0.2, 0.25) is 0 Å². The van der Waals surface area contributed by atoms with Gasteiger partial charge in [0.25, 0.3) is 10.0 Å². The average molecular weight is 307 g/mol. The number of hydrogen-bond acceptors (Lipinski definition) is 3. The van der Waals surface area contributed by atoms with Gasteiger partial charge in [0.1, 0.15) is 5.82 Å². The molecule has 6 heteroatoms. The highest BCUT2D eigenvalue weighted by molar-refractivity contribution is 7.92. The van der Waals surface area contributed by atoms with Crippen molar-refractivity contribution in [2.24, 2.45) is 0 Å². The molecule has 110 valence electrons. The normalized spacial score (nSPS) is 11.1. The first-order chi connectivity index (χ1) is 9.92. The van der Waals surface area contributed by atoms with Crippen molar-refractivity contribution in [3.05, 3.63) is 59.9 Å². The number of sulfonamides is 1. The van der Waals surface area contributed by atoms with Crippen LogP contribution in [0.5, 0.6) is 0 Å². The van der Waals surface area contributed by atoms with Crippen molar-refractivity contribution in [2.75, 3.05) is 4.72 Å². The molecular weight excluding hydrogens is 293 g/mol. The number of rotatable bonds is 5. The van der Waals surface area contributed by atoms with E-state index in [9.17, 15) is 17.6 Å². The molecule has 2 aromatic rings. The van der Waals surface area contributed by atoms with Crippen molar-refractivity contribution in [1.82, 2.24) is 0 Å². The number of nitrogens with one attached hydrogen (secondary N) is 1. The molecule has 0 aliphatic heterocycles. The molecular formula is C15H14FNO3S. The molecule has 0 atom stereocenters. The van der Waals surface area contributed by atoms with Gasteiger partial charge >= 0.3 is 0 Å². The molecule has 21 heavy (non-hydrogen) atoms. The first-order valence-corrected chi connectivity index (χ1v) is 7.82. The molecule has 0 spiro atoms. The smallest absolute Gasteiger partial charge is 0.261 e. The maximum absolute atomic E-state index is 13.1. The minimum absolute atomic E-state index is 0.0189. The molecule has 0 aliphatic carbocycles. The van der Waals surface area contributed by atoms with Crippen LogP contribution < -0.4 is 4.72 Å². The fourth-order valence-electron chi connectivity index (χ4n) is 1.78. The second kappa shape index (κ2) is 6.05. The Labute approximate surface area is 122 Å². The monoisotopic (exact) mass is 307 g/mol. The van der Waals surface area contributed by atoms with E-state index >= 15 is 0 Å². The van der Waals surface area contributed by atoms with E-state index in [1.807, 2.05) is 0 Å². The van der Waals surface area contributed by atoms with E-state index < -0.39 is 15.8 Å². The van der Waals surface area contributed by atoms with Gasteiger partial charge in [-0.2, -0.15) is 0 Å². The summed E-state index contributed by atoms with van der Waals surface area (Å²) in [5, 5.41) is 0. The Morgan fingerprint density at radius 1 is 1.14 bits per heavy atom. The van der Waals surface area contributed by atoms with Gasteiger partial charge in [-0.25, -0.2) is 12.8 Å². The molecule has 0 heterocycles. The van der Waals surface area contributed by atoms with Crippen LogP contribution in [0.2, 0.25) is 0 Å². The zero-order valence-electron chi connectivity index (χ0n) is 11.3. The van der Waals surface area contributed by atoms with Gasteiger partial charge in [-0.1, -0.05) is 13.0 Å². The first-order valence-electron chi connectivity index (χ1n) is 6.34. The fraction of sp³-hybridized carbons (Fsp3) is 0.133. The Kier molecular flexibility index (Phi) is 4.37. The number of anilines is 1. The number of halogens is 1. The van der Waals surface area contributed by atoms with E-state index in [-0.39, 0.29) is 10.7 Å². The second-order valence-corrected chi connectivity index (χ2v) is 6.10. The first kappa shape index (κ1) is 15.2. The largest absolute Gasteiger partial charge is 0.294 e. The molecule has 0 fully saturated rings. The molecule has 0 saturated carbocycles. The van der Waals surface area contributed by atoms with E-state index in [4.69, 9.17) is 0 Å².